The van der Waals surface area contributed by atoms with Gasteiger partial charge in [0.1, 0.15) is 0 Å². The predicted octanol–water partition coefficient (Wildman–Crippen LogP) is 4.16. The normalized spacial score (nSPS) is 22.3. The zero-order chi connectivity index (χ0) is 15.5. The van der Waals surface area contributed by atoms with Crippen LogP contribution in [0.1, 0.15) is 44.6 Å². The minimum atomic E-state index is -0.295. The Morgan fingerprint density at radius 2 is 1.82 bits per heavy atom. The van der Waals surface area contributed by atoms with Gasteiger partial charge in [-0.2, -0.15) is 0 Å². The fraction of sp³-hybridized carbons (Fsp3) is 0.444. The average molecular weight is 312 g/mol. The molecule has 4 heteroatoms. The topological polar surface area (TPSA) is 18.5 Å². The summed E-state index contributed by atoms with van der Waals surface area (Å²) in [6, 6.07) is 6.52. The molecule has 1 aliphatic heterocycles. The van der Waals surface area contributed by atoms with Gasteiger partial charge in [0.05, 0.1) is 11.2 Å². The van der Waals surface area contributed by atoms with Gasteiger partial charge in [-0.05, 0) is 57.6 Å². The first kappa shape index (κ1) is 14.5. The summed E-state index contributed by atoms with van der Waals surface area (Å²) in [5.74, 6) is 0. The SMILES string of the molecule is CC1(C)OB(c2cccc3c4c(sc23)C=CCC4)OC1(C)C. The molecule has 2 aliphatic rings. The second-order valence-electron chi connectivity index (χ2n) is 7.20. The summed E-state index contributed by atoms with van der Waals surface area (Å²) < 4.78 is 13.8. The van der Waals surface area contributed by atoms with Crippen LogP contribution < -0.4 is 5.46 Å². The number of benzene rings is 1. The van der Waals surface area contributed by atoms with E-state index in [-0.39, 0.29) is 18.3 Å². The third-order valence-electron chi connectivity index (χ3n) is 5.22. The van der Waals surface area contributed by atoms with Crippen molar-refractivity contribution in [3.05, 3.63) is 34.7 Å². The predicted molar refractivity (Wildman–Crippen MR) is 94.9 cm³/mol. The van der Waals surface area contributed by atoms with E-state index in [1.54, 1.807) is 0 Å². The van der Waals surface area contributed by atoms with Crippen molar-refractivity contribution >= 4 is 40.1 Å². The fourth-order valence-electron chi connectivity index (χ4n) is 3.18. The molecule has 0 spiro atoms. The van der Waals surface area contributed by atoms with Crippen molar-refractivity contribution in [1.82, 2.24) is 0 Å². The van der Waals surface area contributed by atoms with E-state index in [2.05, 4.69) is 58.0 Å². The van der Waals surface area contributed by atoms with Crippen LogP contribution in [-0.2, 0) is 15.7 Å². The Kier molecular flexibility index (Phi) is 3.10. The highest BCUT2D eigenvalue weighted by molar-refractivity contribution is 7.21. The maximum Gasteiger partial charge on any atom is 0.496 e. The standard InChI is InChI=1S/C18H21BO2S/c1-17(2)18(3,4)21-19(20-17)14-10-7-9-13-12-8-5-6-11-15(12)22-16(13)14/h6-7,9-11H,5,8H2,1-4H3. The number of fused-ring (bicyclic) bond motifs is 3. The van der Waals surface area contributed by atoms with Gasteiger partial charge in [0.25, 0.3) is 0 Å². The summed E-state index contributed by atoms with van der Waals surface area (Å²) in [5, 5.41) is 1.37. The van der Waals surface area contributed by atoms with Gasteiger partial charge in [-0.15, -0.1) is 11.3 Å². The van der Waals surface area contributed by atoms with Gasteiger partial charge in [-0.25, -0.2) is 0 Å². The third-order valence-corrected chi connectivity index (χ3v) is 6.48. The molecule has 1 aromatic carbocycles. The van der Waals surface area contributed by atoms with Gasteiger partial charge in [0.2, 0.25) is 0 Å². The van der Waals surface area contributed by atoms with Crippen molar-refractivity contribution in [3.63, 3.8) is 0 Å². The maximum absolute atomic E-state index is 6.26. The highest BCUT2D eigenvalue weighted by Crippen LogP contribution is 2.39. The first-order valence-electron chi connectivity index (χ1n) is 7.95. The van der Waals surface area contributed by atoms with Gasteiger partial charge in [0.15, 0.2) is 0 Å². The van der Waals surface area contributed by atoms with Crippen molar-refractivity contribution in [2.45, 2.75) is 51.7 Å². The van der Waals surface area contributed by atoms with Crippen molar-refractivity contribution in [2.75, 3.05) is 0 Å². The summed E-state index contributed by atoms with van der Waals surface area (Å²) in [6.07, 6.45) is 6.81. The van der Waals surface area contributed by atoms with E-state index in [1.807, 2.05) is 11.3 Å². The van der Waals surface area contributed by atoms with Gasteiger partial charge in [-0.3, -0.25) is 0 Å². The molecule has 0 amide bonds. The molecule has 4 rings (SSSR count). The Morgan fingerprint density at radius 1 is 1.09 bits per heavy atom. The first-order chi connectivity index (χ1) is 10.4. The molecule has 0 radical (unpaired) electrons. The molecular formula is C18H21BO2S. The maximum atomic E-state index is 6.26. The molecule has 0 saturated carbocycles. The summed E-state index contributed by atoms with van der Waals surface area (Å²) in [6.45, 7) is 8.43. The molecule has 22 heavy (non-hydrogen) atoms. The lowest BCUT2D eigenvalue weighted by atomic mass is 9.78. The summed E-state index contributed by atoms with van der Waals surface area (Å²) in [5.41, 5.74) is 2.07. The second kappa shape index (κ2) is 4.70. The molecule has 0 atom stereocenters. The van der Waals surface area contributed by atoms with E-state index in [9.17, 15) is 0 Å². The Balaban J connectivity index is 1.84. The molecular weight excluding hydrogens is 291 g/mol. The van der Waals surface area contributed by atoms with E-state index >= 15 is 0 Å². The van der Waals surface area contributed by atoms with Crippen LogP contribution >= 0.6 is 11.3 Å². The van der Waals surface area contributed by atoms with Gasteiger partial charge < -0.3 is 9.31 Å². The van der Waals surface area contributed by atoms with Gasteiger partial charge in [-0.1, -0.05) is 24.3 Å². The number of aryl methyl sites for hydroxylation is 1. The monoisotopic (exact) mass is 312 g/mol. The quantitative estimate of drug-likeness (QED) is 0.736. The van der Waals surface area contributed by atoms with Crippen molar-refractivity contribution < 1.29 is 9.31 Å². The molecule has 114 valence electrons. The Bertz CT molecular complexity index is 757. The van der Waals surface area contributed by atoms with Gasteiger partial charge in [0, 0.05) is 15.0 Å². The number of hydrogen-bond acceptors (Lipinski definition) is 3. The van der Waals surface area contributed by atoms with E-state index < -0.39 is 0 Å². The highest BCUT2D eigenvalue weighted by atomic mass is 32.1. The molecule has 2 nitrogen and oxygen atoms in total. The van der Waals surface area contributed by atoms with Crippen molar-refractivity contribution in [2.24, 2.45) is 0 Å². The van der Waals surface area contributed by atoms with E-state index in [0.29, 0.717) is 0 Å². The zero-order valence-electron chi connectivity index (χ0n) is 13.6. The summed E-state index contributed by atoms with van der Waals surface area (Å²) >= 11 is 1.87. The smallest absolute Gasteiger partial charge is 0.399 e. The number of hydrogen-bond donors (Lipinski definition) is 0. The third kappa shape index (κ3) is 2.01. The molecule has 0 unspecified atom stereocenters. The van der Waals surface area contributed by atoms with E-state index in [4.69, 9.17) is 9.31 Å². The Morgan fingerprint density at radius 3 is 2.55 bits per heavy atom. The fourth-order valence-corrected chi connectivity index (χ4v) is 4.48. The molecule has 1 aromatic heterocycles. The zero-order valence-corrected chi connectivity index (χ0v) is 14.4. The van der Waals surface area contributed by atoms with Crippen LogP contribution in [0.25, 0.3) is 16.2 Å². The van der Waals surface area contributed by atoms with Crippen LogP contribution in [-0.4, -0.2) is 18.3 Å². The molecule has 2 heterocycles. The van der Waals surface area contributed by atoms with Crippen LogP contribution in [0.15, 0.2) is 24.3 Å². The Hall–Kier alpha value is -1.10. The number of rotatable bonds is 1. The summed E-state index contributed by atoms with van der Waals surface area (Å²) in [7, 11) is -0.280. The highest BCUT2D eigenvalue weighted by Gasteiger charge is 2.52. The number of allylic oxidation sites excluding steroid dienone is 1. The number of thiophene rings is 1. The van der Waals surface area contributed by atoms with Crippen LogP contribution in [0.2, 0.25) is 0 Å². The molecule has 0 N–H and O–H groups in total. The van der Waals surface area contributed by atoms with Crippen LogP contribution in [0.3, 0.4) is 0 Å². The van der Waals surface area contributed by atoms with Crippen molar-refractivity contribution in [1.29, 1.82) is 0 Å². The Labute approximate surface area is 136 Å². The lowest BCUT2D eigenvalue weighted by molar-refractivity contribution is 0.00578. The lowest BCUT2D eigenvalue weighted by Gasteiger charge is -2.32. The summed E-state index contributed by atoms with van der Waals surface area (Å²) in [4.78, 5) is 1.39. The minimum absolute atomic E-state index is 0.280. The molecule has 2 aromatic rings. The molecule has 1 saturated heterocycles. The average Bonchev–Trinajstić information content (AvgIpc) is 2.93. The lowest BCUT2D eigenvalue weighted by Crippen LogP contribution is -2.41. The van der Waals surface area contributed by atoms with Crippen molar-refractivity contribution in [3.8, 4) is 0 Å². The first-order valence-corrected chi connectivity index (χ1v) is 8.77. The van der Waals surface area contributed by atoms with E-state index in [0.717, 1.165) is 12.8 Å². The van der Waals surface area contributed by atoms with E-state index in [1.165, 1.54) is 26.0 Å². The van der Waals surface area contributed by atoms with Crippen LogP contribution in [0.5, 0.6) is 0 Å². The van der Waals surface area contributed by atoms with Crippen LogP contribution in [0.4, 0.5) is 0 Å². The molecule has 1 aliphatic carbocycles. The molecule has 1 fully saturated rings. The van der Waals surface area contributed by atoms with Gasteiger partial charge >= 0.3 is 7.12 Å². The molecule has 0 bridgehead atoms. The largest absolute Gasteiger partial charge is 0.496 e. The second-order valence-corrected chi connectivity index (χ2v) is 8.25. The minimum Gasteiger partial charge on any atom is -0.399 e. The van der Waals surface area contributed by atoms with Crippen LogP contribution in [0, 0.1) is 0 Å².